The highest BCUT2D eigenvalue weighted by molar-refractivity contribution is 6.08. The van der Waals surface area contributed by atoms with Crippen molar-refractivity contribution in [3.63, 3.8) is 0 Å². The van der Waals surface area contributed by atoms with Gasteiger partial charge in [0.2, 0.25) is 0 Å². The Balaban J connectivity index is 2.06. The number of anilines is 3. The van der Waals surface area contributed by atoms with Gasteiger partial charge >= 0.3 is 6.03 Å². The minimum Gasteiger partial charge on any atom is -0.304 e. The molecule has 0 aliphatic carbocycles. The number of hydrazine groups is 1. The average Bonchev–Trinajstić information content (AvgIpc) is 2.39. The molecule has 0 fully saturated rings. The Kier molecular flexibility index (Phi) is 2.57. The number of rotatable bonds is 1. The molecular formula is C13H10FN3O2. The molecule has 1 aliphatic heterocycles. The van der Waals surface area contributed by atoms with Crippen molar-refractivity contribution >= 4 is 23.1 Å². The van der Waals surface area contributed by atoms with Crippen molar-refractivity contribution in [2.24, 2.45) is 0 Å². The second kappa shape index (κ2) is 4.25. The zero-order valence-corrected chi connectivity index (χ0v) is 9.75. The maximum Gasteiger partial charge on any atom is 0.347 e. The fourth-order valence-electron chi connectivity index (χ4n) is 1.95. The fourth-order valence-corrected chi connectivity index (χ4v) is 1.95. The molecule has 96 valence electrons. The van der Waals surface area contributed by atoms with Crippen molar-refractivity contribution in [3.05, 3.63) is 54.3 Å². The van der Waals surface area contributed by atoms with Gasteiger partial charge in [-0.3, -0.25) is 5.21 Å². The molecule has 19 heavy (non-hydrogen) atoms. The van der Waals surface area contributed by atoms with Crippen molar-refractivity contribution in [2.75, 3.05) is 15.5 Å². The van der Waals surface area contributed by atoms with Crippen LogP contribution in [0.5, 0.6) is 0 Å². The van der Waals surface area contributed by atoms with E-state index < -0.39 is 11.8 Å². The van der Waals surface area contributed by atoms with E-state index >= 15 is 0 Å². The molecule has 0 aromatic heterocycles. The van der Waals surface area contributed by atoms with Gasteiger partial charge in [-0.05, 0) is 30.3 Å². The first-order chi connectivity index (χ1) is 9.16. The lowest BCUT2D eigenvalue weighted by atomic mass is 10.2. The summed E-state index contributed by atoms with van der Waals surface area (Å²) >= 11 is 0. The van der Waals surface area contributed by atoms with Crippen molar-refractivity contribution in [1.82, 2.24) is 0 Å². The van der Waals surface area contributed by atoms with Crippen LogP contribution in [-0.4, -0.2) is 11.2 Å². The molecule has 0 spiro atoms. The number of halogens is 1. The number of hydrogen-bond acceptors (Lipinski definition) is 3. The molecule has 6 heteroatoms. The van der Waals surface area contributed by atoms with Gasteiger partial charge in [-0.15, -0.1) is 0 Å². The lowest BCUT2D eigenvalue weighted by Crippen LogP contribution is -2.51. The Hall–Kier alpha value is -2.60. The zero-order chi connectivity index (χ0) is 13.4. The third kappa shape index (κ3) is 1.88. The van der Waals surface area contributed by atoms with E-state index in [2.05, 4.69) is 5.32 Å². The smallest absolute Gasteiger partial charge is 0.304 e. The Morgan fingerprint density at radius 3 is 2.68 bits per heavy atom. The highest BCUT2D eigenvalue weighted by atomic mass is 19.1. The highest BCUT2D eigenvalue weighted by Gasteiger charge is 2.30. The Morgan fingerprint density at radius 1 is 1.11 bits per heavy atom. The summed E-state index contributed by atoms with van der Waals surface area (Å²) in [6, 6.07) is 11.6. The molecule has 5 nitrogen and oxygen atoms in total. The summed E-state index contributed by atoms with van der Waals surface area (Å²) < 4.78 is 13.2. The summed E-state index contributed by atoms with van der Waals surface area (Å²) in [4.78, 5) is 12.0. The van der Waals surface area contributed by atoms with Crippen LogP contribution >= 0.6 is 0 Å². The van der Waals surface area contributed by atoms with E-state index in [4.69, 9.17) is 0 Å². The second-order valence-corrected chi connectivity index (χ2v) is 4.03. The number of carbonyl (C=O) groups excluding carboxylic acids is 1. The SMILES string of the molecule is O=C1Nc2ccccc2N(O)N1c1cccc(F)c1. The summed E-state index contributed by atoms with van der Waals surface area (Å²) in [6.45, 7) is 0. The number of carbonyl (C=O) groups is 1. The van der Waals surface area contributed by atoms with Crippen LogP contribution in [0.25, 0.3) is 0 Å². The van der Waals surface area contributed by atoms with Gasteiger partial charge in [0.25, 0.3) is 0 Å². The maximum atomic E-state index is 13.2. The van der Waals surface area contributed by atoms with Crippen molar-refractivity contribution < 1.29 is 14.4 Å². The van der Waals surface area contributed by atoms with Crippen LogP contribution in [0.3, 0.4) is 0 Å². The van der Waals surface area contributed by atoms with Crippen LogP contribution < -0.4 is 15.5 Å². The molecular weight excluding hydrogens is 249 g/mol. The standard InChI is InChI=1S/C13H10FN3O2/c14-9-4-3-5-10(8-9)16-13(18)15-11-6-1-2-7-12(11)17(16)19/h1-8,19H,(H,15,18). The molecule has 3 rings (SSSR count). The van der Waals surface area contributed by atoms with E-state index in [0.717, 1.165) is 11.1 Å². The van der Waals surface area contributed by atoms with Crippen molar-refractivity contribution in [2.45, 2.75) is 0 Å². The van der Waals surface area contributed by atoms with E-state index in [9.17, 15) is 14.4 Å². The molecule has 0 atom stereocenters. The predicted octanol–water partition coefficient (Wildman–Crippen LogP) is 2.99. The van der Waals surface area contributed by atoms with E-state index in [1.165, 1.54) is 18.2 Å². The minimum absolute atomic E-state index is 0.231. The van der Waals surface area contributed by atoms with Crippen LogP contribution in [0.4, 0.5) is 26.2 Å². The minimum atomic E-state index is -0.563. The van der Waals surface area contributed by atoms with E-state index in [1.54, 1.807) is 24.3 Å². The van der Waals surface area contributed by atoms with Crippen LogP contribution in [0.2, 0.25) is 0 Å². The van der Waals surface area contributed by atoms with Gasteiger partial charge in [0.05, 0.1) is 11.4 Å². The lowest BCUT2D eigenvalue weighted by molar-refractivity contribution is 0.221. The third-order valence-corrected chi connectivity index (χ3v) is 2.80. The highest BCUT2D eigenvalue weighted by Crippen LogP contribution is 2.32. The first-order valence-electron chi connectivity index (χ1n) is 5.61. The van der Waals surface area contributed by atoms with E-state index in [1.807, 2.05) is 0 Å². The molecule has 2 N–H and O–H groups in total. The van der Waals surface area contributed by atoms with Crippen LogP contribution in [0.15, 0.2) is 48.5 Å². The van der Waals surface area contributed by atoms with Gasteiger partial charge in [-0.25, -0.2) is 9.18 Å². The normalized spacial score (nSPS) is 14.1. The zero-order valence-electron chi connectivity index (χ0n) is 9.75. The Bertz CT molecular complexity index is 647. The molecule has 2 aromatic rings. The molecule has 0 bridgehead atoms. The number of para-hydroxylation sites is 2. The van der Waals surface area contributed by atoms with Crippen molar-refractivity contribution in [3.8, 4) is 0 Å². The fraction of sp³-hybridized carbons (Fsp3) is 0. The summed E-state index contributed by atoms with van der Waals surface area (Å²) in [5, 5.41) is 14.4. The molecule has 0 radical (unpaired) electrons. The molecule has 0 saturated carbocycles. The summed E-state index contributed by atoms with van der Waals surface area (Å²) in [5.41, 5.74) is 1.13. The molecule has 1 aliphatic rings. The summed E-state index contributed by atoms with van der Waals surface area (Å²) in [5.74, 6) is -0.488. The van der Waals surface area contributed by atoms with Gasteiger partial charge in [-0.1, -0.05) is 18.2 Å². The number of fused-ring (bicyclic) bond motifs is 1. The number of amides is 2. The van der Waals surface area contributed by atoms with Gasteiger partial charge in [0.1, 0.15) is 11.5 Å². The number of nitrogens with one attached hydrogen (secondary N) is 1. The summed E-state index contributed by atoms with van der Waals surface area (Å²) in [7, 11) is 0. The van der Waals surface area contributed by atoms with E-state index in [-0.39, 0.29) is 5.69 Å². The first-order valence-corrected chi connectivity index (χ1v) is 5.61. The monoisotopic (exact) mass is 259 g/mol. The lowest BCUT2D eigenvalue weighted by Gasteiger charge is -2.36. The summed E-state index contributed by atoms with van der Waals surface area (Å²) in [6.07, 6.45) is 0. The van der Waals surface area contributed by atoms with Gasteiger partial charge in [0.15, 0.2) is 0 Å². The Labute approximate surface area is 108 Å². The second-order valence-electron chi connectivity index (χ2n) is 4.03. The molecule has 1 heterocycles. The van der Waals surface area contributed by atoms with E-state index in [0.29, 0.717) is 16.5 Å². The third-order valence-electron chi connectivity index (χ3n) is 2.80. The van der Waals surface area contributed by atoms with Crippen molar-refractivity contribution in [1.29, 1.82) is 0 Å². The Morgan fingerprint density at radius 2 is 1.89 bits per heavy atom. The molecule has 2 aromatic carbocycles. The van der Waals surface area contributed by atoms with Gasteiger partial charge < -0.3 is 5.32 Å². The van der Waals surface area contributed by atoms with Crippen LogP contribution in [0.1, 0.15) is 0 Å². The number of hydrogen-bond donors (Lipinski definition) is 2. The van der Waals surface area contributed by atoms with Crippen LogP contribution in [0, 0.1) is 5.82 Å². The molecule has 0 unspecified atom stereocenters. The van der Waals surface area contributed by atoms with Crippen LogP contribution in [-0.2, 0) is 0 Å². The predicted molar refractivity (Wildman–Crippen MR) is 68.6 cm³/mol. The maximum absolute atomic E-state index is 13.2. The first kappa shape index (κ1) is 11.5. The molecule has 0 saturated heterocycles. The largest absolute Gasteiger partial charge is 0.347 e. The number of nitrogens with zero attached hydrogens (tertiary/aromatic N) is 2. The van der Waals surface area contributed by atoms with Gasteiger partial charge in [0, 0.05) is 0 Å². The quantitative estimate of drug-likeness (QED) is 0.827. The average molecular weight is 259 g/mol. The number of benzene rings is 2. The topological polar surface area (TPSA) is 55.8 Å². The number of urea groups is 1. The molecule has 2 amide bonds. The van der Waals surface area contributed by atoms with Gasteiger partial charge in [-0.2, -0.15) is 10.2 Å².